The van der Waals surface area contributed by atoms with Crippen LogP contribution in [0.3, 0.4) is 0 Å². The maximum Gasteiger partial charge on any atom is 0.150 e. The molecule has 6 heteroatoms. The van der Waals surface area contributed by atoms with Crippen LogP contribution in [-0.2, 0) is 6.54 Å². The van der Waals surface area contributed by atoms with Gasteiger partial charge in [-0.3, -0.25) is 0 Å². The Bertz CT molecular complexity index is 576. The van der Waals surface area contributed by atoms with Crippen molar-refractivity contribution in [3.05, 3.63) is 34.8 Å². The summed E-state index contributed by atoms with van der Waals surface area (Å²) >= 11 is 1.30. The first-order valence-electron chi connectivity index (χ1n) is 5.88. The molecule has 0 fully saturated rings. The fraction of sp³-hybridized carbons (Fsp3) is 0.385. The molecule has 0 aliphatic heterocycles. The Morgan fingerprint density at radius 2 is 1.95 bits per heavy atom. The van der Waals surface area contributed by atoms with Gasteiger partial charge < -0.3 is 5.32 Å². The third kappa shape index (κ3) is 3.78. The second-order valence-electron chi connectivity index (χ2n) is 5.23. The smallest absolute Gasteiger partial charge is 0.150 e. The summed E-state index contributed by atoms with van der Waals surface area (Å²) < 4.78 is 26.4. The Morgan fingerprint density at radius 1 is 1.21 bits per heavy atom. The van der Waals surface area contributed by atoms with Crippen LogP contribution in [0.5, 0.6) is 0 Å². The normalized spacial score (nSPS) is 11.8. The molecule has 0 bridgehead atoms. The van der Waals surface area contributed by atoms with Crippen molar-refractivity contribution in [2.45, 2.75) is 32.9 Å². The molecule has 2 aromatic rings. The van der Waals surface area contributed by atoms with E-state index in [1.54, 1.807) is 0 Å². The van der Waals surface area contributed by atoms with Crippen molar-refractivity contribution in [2.24, 2.45) is 0 Å². The molecule has 3 nitrogen and oxygen atoms in total. The first-order chi connectivity index (χ1) is 8.85. The van der Waals surface area contributed by atoms with Crippen molar-refractivity contribution in [3.63, 3.8) is 0 Å². The van der Waals surface area contributed by atoms with E-state index in [0.717, 1.165) is 11.1 Å². The van der Waals surface area contributed by atoms with Crippen molar-refractivity contribution in [2.75, 3.05) is 0 Å². The van der Waals surface area contributed by atoms with Gasteiger partial charge in [-0.1, -0.05) is 11.3 Å². The molecular weight excluding hydrogens is 268 g/mol. The summed E-state index contributed by atoms with van der Waals surface area (Å²) in [5.74, 6) is -1.22. The molecule has 0 saturated heterocycles. The molecule has 0 aliphatic carbocycles. The van der Waals surface area contributed by atoms with E-state index in [9.17, 15) is 8.78 Å². The third-order valence-corrected chi connectivity index (χ3v) is 3.35. The topological polar surface area (TPSA) is 37.8 Å². The number of rotatable bonds is 3. The molecule has 0 atom stereocenters. The molecule has 1 aromatic carbocycles. The largest absolute Gasteiger partial charge is 0.306 e. The highest BCUT2D eigenvalue weighted by atomic mass is 32.1. The minimum Gasteiger partial charge on any atom is -0.306 e. The standard InChI is InChI=1S/C13H15F2N3S/c1-13(2,3)16-7-11-17-18-12(19-11)9-5-4-8(14)6-10(9)15/h4-6,16H,7H2,1-3H3. The van der Waals surface area contributed by atoms with E-state index < -0.39 is 11.6 Å². The minimum absolute atomic E-state index is 0.0209. The summed E-state index contributed by atoms with van der Waals surface area (Å²) in [7, 11) is 0. The molecule has 1 N–H and O–H groups in total. The Balaban J connectivity index is 2.16. The lowest BCUT2D eigenvalue weighted by Crippen LogP contribution is -2.35. The van der Waals surface area contributed by atoms with Crippen LogP contribution in [0.25, 0.3) is 10.6 Å². The molecule has 2 rings (SSSR count). The summed E-state index contributed by atoms with van der Waals surface area (Å²) in [6, 6.07) is 3.45. The van der Waals surface area contributed by atoms with Crippen LogP contribution in [-0.4, -0.2) is 15.7 Å². The average molecular weight is 283 g/mol. The number of nitrogens with zero attached hydrogens (tertiary/aromatic N) is 2. The van der Waals surface area contributed by atoms with E-state index >= 15 is 0 Å². The predicted molar refractivity (Wildman–Crippen MR) is 71.9 cm³/mol. The molecule has 0 radical (unpaired) electrons. The van der Waals surface area contributed by atoms with E-state index in [1.165, 1.54) is 23.5 Å². The molecule has 19 heavy (non-hydrogen) atoms. The van der Waals surface area contributed by atoms with Gasteiger partial charge in [-0.25, -0.2) is 8.78 Å². The van der Waals surface area contributed by atoms with Crippen molar-refractivity contribution >= 4 is 11.3 Å². The summed E-state index contributed by atoms with van der Waals surface area (Å²) in [5, 5.41) is 12.5. The Morgan fingerprint density at radius 3 is 2.58 bits per heavy atom. The number of benzene rings is 1. The third-order valence-electron chi connectivity index (χ3n) is 2.40. The fourth-order valence-electron chi connectivity index (χ4n) is 1.44. The highest BCUT2D eigenvalue weighted by molar-refractivity contribution is 7.14. The molecule has 0 aliphatic rings. The number of aromatic nitrogens is 2. The lowest BCUT2D eigenvalue weighted by atomic mass is 10.1. The number of hydrogen-bond acceptors (Lipinski definition) is 4. The van der Waals surface area contributed by atoms with Crippen LogP contribution >= 0.6 is 11.3 Å². The molecule has 1 aromatic heterocycles. The van der Waals surface area contributed by atoms with E-state index in [-0.39, 0.29) is 11.1 Å². The van der Waals surface area contributed by atoms with E-state index in [1.807, 2.05) is 0 Å². The van der Waals surface area contributed by atoms with Crippen molar-refractivity contribution < 1.29 is 8.78 Å². The summed E-state index contributed by atoms with van der Waals surface area (Å²) in [5.41, 5.74) is 0.258. The van der Waals surface area contributed by atoms with Gasteiger partial charge in [0.2, 0.25) is 0 Å². The van der Waals surface area contributed by atoms with Crippen LogP contribution in [0.1, 0.15) is 25.8 Å². The molecule has 0 unspecified atom stereocenters. The zero-order valence-electron chi connectivity index (χ0n) is 11.0. The molecule has 0 amide bonds. The second kappa shape index (κ2) is 5.30. The Labute approximate surface area is 114 Å². The molecule has 0 saturated carbocycles. The predicted octanol–water partition coefficient (Wildman–Crippen LogP) is 3.37. The van der Waals surface area contributed by atoms with Crippen LogP contribution in [0.2, 0.25) is 0 Å². The zero-order valence-corrected chi connectivity index (χ0v) is 11.8. The van der Waals surface area contributed by atoms with E-state index in [2.05, 4.69) is 36.3 Å². The molecule has 102 valence electrons. The van der Waals surface area contributed by atoms with Crippen LogP contribution in [0.15, 0.2) is 18.2 Å². The van der Waals surface area contributed by atoms with Gasteiger partial charge in [0.15, 0.2) is 5.01 Å². The number of nitrogens with one attached hydrogen (secondary N) is 1. The first-order valence-corrected chi connectivity index (χ1v) is 6.70. The second-order valence-corrected chi connectivity index (χ2v) is 6.29. The highest BCUT2D eigenvalue weighted by Crippen LogP contribution is 2.26. The van der Waals surface area contributed by atoms with Gasteiger partial charge in [-0.05, 0) is 32.9 Å². The van der Waals surface area contributed by atoms with Gasteiger partial charge in [0.1, 0.15) is 16.6 Å². The number of hydrogen-bond donors (Lipinski definition) is 1. The molecular formula is C13H15F2N3S. The Kier molecular flexibility index (Phi) is 3.91. The molecule has 0 spiro atoms. The van der Waals surface area contributed by atoms with Crippen LogP contribution in [0, 0.1) is 11.6 Å². The SMILES string of the molecule is CC(C)(C)NCc1nnc(-c2ccc(F)cc2F)s1. The van der Waals surface area contributed by atoms with Gasteiger partial charge in [-0.2, -0.15) is 0 Å². The fourth-order valence-corrected chi connectivity index (χ4v) is 2.24. The van der Waals surface area contributed by atoms with Gasteiger partial charge in [0.25, 0.3) is 0 Å². The van der Waals surface area contributed by atoms with Crippen molar-refractivity contribution in [1.82, 2.24) is 15.5 Å². The van der Waals surface area contributed by atoms with Gasteiger partial charge in [0.05, 0.1) is 6.54 Å². The maximum atomic E-state index is 13.6. The lowest BCUT2D eigenvalue weighted by Gasteiger charge is -2.19. The van der Waals surface area contributed by atoms with Crippen molar-refractivity contribution in [3.8, 4) is 10.6 Å². The summed E-state index contributed by atoms with van der Waals surface area (Å²) in [6.45, 7) is 6.72. The quantitative estimate of drug-likeness (QED) is 0.938. The summed E-state index contributed by atoms with van der Waals surface area (Å²) in [4.78, 5) is 0. The average Bonchev–Trinajstić information content (AvgIpc) is 2.74. The monoisotopic (exact) mass is 283 g/mol. The van der Waals surface area contributed by atoms with Crippen LogP contribution < -0.4 is 5.32 Å². The Hall–Kier alpha value is -1.40. The number of halogens is 2. The van der Waals surface area contributed by atoms with E-state index in [0.29, 0.717) is 11.6 Å². The minimum atomic E-state index is -0.619. The summed E-state index contributed by atoms with van der Waals surface area (Å²) in [6.07, 6.45) is 0. The van der Waals surface area contributed by atoms with E-state index in [4.69, 9.17) is 0 Å². The van der Waals surface area contributed by atoms with Gasteiger partial charge in [-0.15, -0.1) is 10.2 Å². The zero-order chi connectivity index (χ0) is 14.0. The first kappa shape index (κ1) is 14.0. The van der Waals surface area contributed by atoms with Gasteiger partial charge in [0, 0.05) is 17.2 Å². The maximum absolute atomic E-state index is 13.6. The van der Waals surface area contributed by atoms with Crippen molar-refractivity contribution in [1.29, 1.82) is 0 Å². The van der Waals surface area contributed by atoms with Gasteiger partial charge >= 0.3 is 0 Å². The molecule has 1 heterocycles. The lowest BCUT2D eigenvalue weighted by molar-refractivity contribution is 0.423. The van der Waals surface area contributed by atoms with Crippen LogP contribution in [0.4, 0.5) is 8.78 Å². The highest BCUT2D eigenvalue weighted by Gasteiger charge is 2.14.